The fraction of sp³-hybridized carbons (Fsp3) is 0.231. The van der Waals surface area contributed by atoms with Crippen LogP contribution in [0.15, 0.2) is 36.2 Å². The predicted octanol–water partition coefficient (Wildman–Crippen LogP) is 1.74. The van der Waals surface area contributed by atoms with E-state index in [1.165, 1.54) is 4.88 Å². The molecule has 0 saturated carbocycles. The van der Waals surface area contributed by atoms with Crippen molar-refractivity contribution in [2.75, 3.05) is 11.1 Å². The molecular formula is C13H15N7S. The molecule has 7 nitrogen and oxygen atoms in total. The van der Waals surface area contributed by atoms with Gasteiger partial charge in [0.25, 0.3) is 0 Å². The van der Waals surface area contributed by atoms with Gasteiger partial charge in [0.05, 0.1) is 0 Å². The minimum absolute atomic E-state index is 0.180. The Hall–Kier alpha value is -2.48. The van der Waals surface area contributed by atoms with Crippen molar-refractivity contribution in [3.8, 4) is 5.95 Å². The third-order valence-electron chi connectivity index (χ3n) is 2.84. The van der Waals surface area contributed by atoms with Crippen molar-refractivity contribution < 1.29 is 0 Å². The maximum Gasteiger partial charge on any atom is 0.241 e. The summed E-state index contributed by atoms with van der Waals surface area (Å²) in [5.74, 6) is 1.10. The third kappa shape index (κ3) is 3.34. The first-order chi connectivity index (χ1) is 10.2. The predicted molar refractivity (Wildman–Crippen MR) is 82.5 cm³/mol. The van der Waals surface area contributed by atoms with Crippen molar-refractivity contribution in [2.24, 2.45) is 0 Å². The van der Waals surface area contributed by atoms with E-state index in [1.54, 1.807) is 34.6 Å². The topological polar surface area (TPSA) is 94.5 Å². The highest BCUT2D eigenvalue weighted by molar-refractivity contribution is 7.09. The summed E-state index contributed by atoms with van der Waals surface area (Å²) in [5, 5.41) is 5.32. The van der Waals surface area contributed by atoms with E-state index < -0.39 is 0 Å². The van der Waals surface area contributed by atoms with Crippen molar-refractivity contribution in [2.45, 2.75) is 19.4 Å². The van der Waals surface area contributed by atoms with Gasteiger partial charge in [0, 0.05) is 29.7 Å². The Kier molecular flexibility index (Phi) is 3.78. The number of thiophene rings is 1. The van der Waals surface area contributed by atoms with E-state index in [2.05, 4.69) is 43.6 Å². The van der Waals surface area contributed by atoms with Gasteiger partial charge in [-0.3, -0.25) is 4.57 Å². The number of rotatable bonds is 5. The monoisotopic (exact) mass is 301 g/mol. The van der Waals surface area contributed by atoms with Crippen LogP contribution in [-0.2, 0) is 6.42 Å². The fourth-order valence-electron chi connectivity index (χ4n) is 1.94. The summed E-state index contributed by atoms with van der Waals surface area (Å²) in [6.45, 7) is 2.08. The van der Waals surface area contributed by atoms with Gasteiger partial charge in [-0.2, -0.15) is 15.0 Å². The van der Waals surface area contributed by atoms with Gasteiger partial charge >= 0.3 is 0 Å². The Morgan fingerprint density at radius 1 is 1.38 bits per heavy atom. The van der Waals surface area contributed by atoms with Gasteiger partial charge in [0.2, 0.25) is 17.8 Å². The quantitative estimate of drug-likeness (QED) is 0.745. The lowest BCUT2D eigenvalue weighted by molar-refractivity contribution is 0.779. The number of nitrogens with two attached hydrogens (primary N) is 1. The molecule has 0 aliphatic carbocycles. The van der Waals surface area contributed by atoms with Crippen molar-refractivity contribution in [1.82, 2.24) is 24.5 Å². The van der Waals surface area contributed by atoms with Crippen molar-refractivity contribution >= 4 is 23.2 Å². The number of imidazole rings is 1. The lowest BCUT2D eigenvalue weighted by atomic mass is 10.2. The molecule has 1 unspecified atom stereocenters. The maximum atomic E-state index is 5.74. The summed E-state index contributed by atoms with van der Waals surface area (Å²) in [6, 6.07) is 4.35. The lowest BCUT2D eigenvalue weighted by Gasteiger charge is -2.13. The smallest absolute Gasteiger partial charge is 0.241 e. The molecule has 3 aromatic heterocycles. The van der Waals surface area contributed by atoms with Crippen LogP contribution in [0.5, 0.6) is 0 Å². The molecule has 8 heteroatoms. The number of hydrogen-bond donors (Lipinski definition) is 2. The van der Waals surface area contributed by atoms with Crippen LogP contribution in [0.2, 0.25) is 0 Å². The van der Waals surface area contributed by atoms with Crippen LogP contribution in [0.1, 0.15) is 11.8 Å². The molecule has 0 aliphatic heterocycles. The first-order valence-electron chi connectivity index (χ1n) is 6.49. The molecule has 0 spiro atoms. The molecular weight excluding hydrogens is 286 g/mol. The van der Waals surface area contributed by atoms with Crippen molar-refractivity contribution in [3.63, 3.8) is 0 Å². The summed E-state index contributed by atoms with van der Waals surface area (Å²) >= 11 is 1.74. The zero-order chi connectivity index (χ0) is 14.7. The largest absolute Gasteiger partial charge is 0.368 e. The molecule has 3 heterocycles. The summed E-state index contributed by atoms with van der Waals surface area (Å²) in [6.07, 6.45) is 5.94. The standard InChI is InChI=1S/C13H15N7S/c1-9(7-10-3-2-6-21-10)16-12-17-11(14)18-13(19-12)20-5-4-15-8-20/h2-6,8-9H,7H2,1H3,(H3,14,16,17,18,19). The second kappa shape index (κ2) is 5.88. The van der Waals surface area contributed by atoms with E-state index in [1.807, 2.05) is 6.07 Å². The van der Waals surface area contributed by atoms with Gasteiger partial charge in [0.1, 0.15) is 6.33 Å². The minimum atomic E-state index is 0.180. The SMILES string of the molecule is CC(Cc1cccs1)Nc1nc(N)nc(-n2ccnc2)n1. The molecule has 0 aliphatic rings. The van der Waals surface area contributed by atoms with Gasteiger partial charge < -0.3 is 11.1 Å². The van der Waals surface area contributed by atoms with Crippen LogP contribution in [0, 0.1) is 0 Å². The Labute approximate surface area is 125 Å². The molecule has 0 bridgehead atoms. The number of nitrogens with one attached hydrogen (secondary N) is 1. The van der Waals surface area contributed by atoms with Crippen LogP contribution in [0.25, 0.3) is 5.95 Å². The highest BCUT2D eigenvalue weighted by Crippen LogP contribution is 2.14. The number of hydrogen-bond acceptors (Lipinski definition) is 7. The van der Waals surface area contributed by atoms with E-state index in [0.29, 0.717) is 11.9 Å². The van der Waals surface area contributed by atoms with Crippen LogP contribution in [0.3, 0.4) is 0 Å². The van der Waals surface area contributed by atoms with E-state index in [9.17, 15) is 0 Å². The summed E-state index contributed by atoms with van der Waals surface area (Å²) in [7, 11) is 0. The summed E-state index contributed by atoms with van der Waals surface area (Å²) < 4.78 is 1.69. The molecule has 0 amide bonds. The van der Waals surface area contributed by atoms with Crippen LogP contribution in [-0.4, -0.2) is 30.5 Å². The third-order valence-corrected chi connectivity index (χ3v) is 3.74. The average molecular weight is 301 g/mol. The first kappa shape index (κ1) is 13.5. The number of nitrogens with zero attached hydrogens (tertiary/aromatic N) is 5. The molecule has 1 atom stereocenters. The highest BCUT2D eigenvalue weighted by atomic mass is 32.1. The van der Waals surface area contributed by atoms with Crippen molar-refractivity contribution in [1.29, 1.82) is 0 Å². The van der Waals surface area contributed by atoms with Gasteiger partial charge in [-0.25, -0.2) is 4.98 Å². The van der Waals surface area contributed by atoms with Gasteiger partial charge in [-0.05, 0) is 18.4 Å². The van der Waals surface area contributed by atoms with Gasteiger partial charge in [-0.15, -0.1) is 11.3 Å². The first-order valence-corrected chi connectivity index (χ1v) is 7.37. The second-order valence-electron chi connectivity index (χ2n) is 4.62. The van der Waals surface area contributed by atoms with E-state index in [-0.39, 0.29) is 12.0 Å². The van der Waals surface area contributed by atoms with Gasteiger partial charge in [0.15, 0.2) is 0 Å². The zero-order valence-electron chi connectivity index (χ0n) is 11.5. The molecule has 0 fully saturated rings. The van der Waals surface area contributed by atoms with Crippen LogP contribution in [0.4, 0.5) is 11.9 Å². The molecule has 3 aromatic rings. The zero-order valence-corrected chi connectivity index (χ0v) is 12.3. The number of aromatic nitrogens is 5. The molecule has 3 N–H and O–H groups in total. The second-order valence-corrected chi connectivity index (χ2v) is 5.65. The summed E-state index contributed by atoms with van der Waals surface area (Å²) in [4.78, 5) is 17.9. The minimum Gasteiger partial charge on any atom is -0.368 e. The number of nitrogen functional groups attached to an aromatic ring is 1. The van der Waals surface area contributed by atoms with E-state index >= 15 is 0 Å². The van der Waals surface area contributed by atoms with E-state index in [4.69, 9.17) is 5.73 Å². The summed E-state index contributed by atoms with van der Waals surface area (Å²) in [5.41, 5.74) is 5.74. The normalized spacial score (nSPS) is 12.2. The molecule has 0 aromatic carbocycles. The van der Waals surface area contributed by atoms with Crippen molar-refractivity contribution in [3.05, 3.63) is 41.1 Å². The van der Waals surface area contributed by atoms with Gasteiger partial charge in [-0.1, -0.05) is 6.07 Å². The molecule has 21 heavy (non-hydrogen) atoms. The fourth-order valence-corrected chi connectivity index (χ4v) is 2.78. The Morgan fingerprint density at radius 3 is 3.00 bits per heavy atom. The number of anilines is 2. The Bertz CT molecular complexity index is 693. The van der Waals surface area contributed by atoms with Crippen LogP contribution < -0.4 is 11.1 Å². The molecule has 108 valence electrons. The molecule has 0 saturated heterocycles. The maximum absolute atomic E-state index is 5.74. The lowest BCUT2D eigenvalue weighted by Crippen LogP contribution is -2.20. The molecule has 3 rings (SSSR count). The van der Waals surface area contributed by atoms with Crippen LogP contribution >= 0.6 is 11.3 Å². The Morgan fingerprint density at radius 2 is 2.29 bits per heavy atom. The van der Waals surface area contributed by atoms with E-state index in [0.717, 1.165) is 6.42 Å². The average Bonchev–Trinajstić information content (AvgIpc) is 3.10. The Balaban J connectivity index is 1.76. The molecule has 0 radical (unpaired) electrons. The highest BCUT2D eigenvalue weighted by Gasteiger charge is 2.10.